The van der Waals surface area contributed by atoms with Gasteiger partial charge >= 0.3 is 6.18 Å². The first kappa shape index (κ1) is 15.5. The maximum absolute atomic E-state index is 12.6. The van der Waals surface area contributed by atoms with Crippen molar-refractivity contribution >= 4 is 0 Å². The molecule has 0 bridgehead atoms. The van der Waals surface area contributed by atoms with E-state index in [2.05, 4.69) is 4.98 Å². The molecule has 0 saturated carbocycles. The number of aromatic nitrogens is 1. The predicted molar refractivity (Wildman–Crippen MR) is 73.7 cm³/mol. The molecule has 1 aromatic heterocycles. The monoisotopic (exact) mass is 295 g/mol. The second-order valence-electron chi connectivity index (χ2n) is 4.95. The summed E-state index contributed by atoms with van der Waals surface area (Å²) in [5.41, 5.74) is 0.862. The molecule has 0 aliphatic rings. The Balaban J connectivity index is 1.92. The Morgan fingerprint density at radius 3 is 2.43 bits per heavy atom. The topological polar surface area (TPSA) is 33.1 Å². The SMILES string of the molecule is OC(CCc1ccncc1)Cc1cccc(C(F)(F)F)c1. The molecule has 0 fully saturated rings. The van der Waals surface area contributed by atoms with E-state index in [9.17, 15) is 18.3 Å². The smallest absolute Gasteiger partial charge is 0.393 e. The zero-order valence-electron chi connectivity index (χ0n) is 11.3. The van der Waals surface area contributed by atoms with E-state index in [1.54, 1.807) is 18.5 Å². The second kappa shape index (κ2) is 6.72. The third-order valence-corrected chi connectivity index (χ3v) is 3.24. The van der Waals surface area contributed by atoms with Crippen molar-refractivity contribution < 1.29 is 18.3 Å². The Labute approximate surface area is 121 Å². The molecule has 0 spiro atoms. The molecule has 5 heteroatoms. The van der Waals surface area contributed by atoms with E-state index < -0.39 is 17.8 Å². The summed E-state index contributed by atoms with van der Waals surface area (Å²) in [6.45, 7) is 0. The number of halogens is 3. The van der Waals surface area contributed by atoms with Gasteiger partial charge in [0, 0.05) is 12.4 Å². The van der Waals surface area contributed by atoms with Crippen LogP contribution in [0.25, 0.3) is 0 Å². The number of rotatable bonds is 5. The highest BCUT2D eigenvalue weighted by Crippen LogP contribution is 2.29. The highest BCUT2D eigenvalue weighted by Gasteiger charge is 2.30. The van der Waals surface area contributed by atoms with Crippen molar-refractivity contribution in [2.45, 2.75) is 31.5 Å². The Hall–Kier alpha value is -1.88. The minimum Gasteiger partial charge on any atom is -0.393 e. The normalized spacial score (nSPS) is 13.1. The van der Waals surface area contributed by atoms with Crippen LogP contribution in [0, 0.1) is 0 Å². The largest absolute Gasteiger partial charge is 0.416 e. The number of hydrogen-bond acceptors (Lipinski definition) is 2. The van der Waals surface area contributed by atoms with E-state index in [0.29, 0.717) is 18.4 Å². The molecule has 0 aliphatic heterocycles. The molecular weight excluding hydrogens is 279 g/mol. The standard InChI is InChI=1S/C16H16F3NO/c17-16(18,19)14-3-1-2-13(10-14)11-15(21)5-4-12-6-8-20-9-7-12/h1-3,6-10,15,21H,4-5,11H2. The van der Waals surface area contributed by atoms with Crippen LogP contribution < -0.4 is 0 Å². The number of alkyl halides is 3. The van der Waals surface area contributed by atoms with Gasteiger partial charge in [-0.05, 0) is 48.6 Å². The molecule has 21 heavy (non-hydrogen) atoms. The van der Waals surface area contributed by atoms with Crippen LogP contribution in [0.3, 0.4) is 0 Å². The van der Waals surface area contributed by atoms with Crippen LogP contribution in [0.5, 0.6) is 0 Å². The third-order valence-electron chi connectivity index (χ3n) is 3.24. The maximum Gasteiger partial charge on any atom is 0.416 e. The Bertz CT molecular complexity index is 569. The van der Waals surface area contributed by atoms with E-state index >= 15 is 0 Å². The van der Waals surface area contributed by atoms with Gasteiger partial charge in [0.1, 0.15) is 0 Å². The van der Waals surface area contributed by atoms with Crippen molar-refractivity contribution in [1.82, 2.24) is 4.98 Å². The first-order chi connectivity index (χ1) is 9.95. The van der Waals surface area contributed by atoms with Crippen LogP contribution in [0.2, 0.25) is 0 Å². The van der Waals surface area contributed by atoms with E-state index in [4.69, 9.17) is 0 Å². The zero-order chi connectivity index (χ0) is 15.3. The number of aliphatic hydroxyl groups is 1. The number of nitrogens with zero attached hydrogens (tertiary/aromatic N) is 1. The van der Waals surface area contributed by atoms with Gasteiger partial charge in [0.25, 0.3) is 0 Å². The fourth-order valence-corrected chi connectivity index (χ4v) is 2.13. The van der Waals surface area contributed by atoms with Crippen molar-refractivity contribution in [2.24, 2.45) is 0 Å². The molecule has 2 rings (SSSR count). The first-order valence-corrected chi connectivity index (χ1v) is 6.68. The summed E-state index contributed by atoms with van der Waals surface area (Å²) >= 11 is 0. The van der Waals surface area contributed by atoms with Gasteiger partial charge in [-0.25, -0.2) is 0 Å². The van der Waals surface area contributed by atoms with Gasteiger partial charge in [-0.15, -0.1) is 0 Å². The van der Waals surface area contributed by atoms with Crippen LogP contribution in [0.15, 0.2) is 48.8 Å². The lowest BCUT2D eigenvalue weighted by molar-refractivity contribution is -0.137. The van der Waals surface area contributed by atoms with E-state index in [1.165, 1.54) is 6.07 Å². The molecule has 0 radical (unpaired) electrons. The lowest BCUT2D eigenvalue weighted by Gasteiger charge is -2.12. The fraction of sp³-hybridized carbons (Fsp3) is 0.312. The fourth-order valence-electron chi connectivity index (χ4n) is 2.13. The lowest BCUT2D eigenvalue weighted by Crippen LogP contribution is -2.13. The van der Waals surface area contributed by atoms with Gasteiger partial charge in [0.15, 0.2) is 0 Å². The molecule has 0 saturated heterocycles. The van der Waals surface area contributed by atoms with Crippen molar-refractivity contribution in [3.05, 3.63) is 65.5 Å². The molecule has 1 N–H and O–H groups in total. The minimum atomic E-state index is -4.35. The summed E-state index contributed by atoms with van der Waals surface area (Å²) in [7, 11) is 0. The molecule has 112 valence electrons. The number of hydrogen-bond donors (Lipinski definition) is 1. The summed E-state index contributed by atoms with van der Waals surface area (Å²) in [6.07, 6.45) is -0.277. The average molecular weight is 295 g/mol. The van der Waals surface area contributed by atoms with Gasteiger partial charge in [0.05, 0.1) is 11.7 Å². The molecule has 2 aromatic rings. The lowest BCUT2D eigenvalue weighted by atomic mass is 10.0. The number of aliphatic hydroxyl groups excluding tert-OH is 1. The maximum atomic E-state index is 12.6. The molecule has 0 amide bonds. The van der Waals surface area contributed by atoms with Crippen LogP contribution in [0.4, 0.5) is 13.2 Å². The van der Waals surface area contributed by atoms with Crippen LogP contribution >= 0.6 is 0 Å². The molecule has 2 nitrogen and oxygen atoms in total. The summed E-state index contributed by atoms with van der Waals surface area (Å²) < 4.78 is 37.8. The van der Waals surface area contributed by atoms with Gasteiger partial charge in [-0.3, -0.25) is 4.98 Å². The van der Waals surface area contributed by atoms with E-state index in [-0.39, 0.29) is 6.42 Å². The second-order valence-corrected chi connectivity index (χ2v) is 4.95. The highest BCUT2D eigenvalue weighted by molar-refractivity contribution is 5.26. The first-order valence-electron chi connectivity index (χ1n) is 6.68. The molecule has 0 aliphatic carbocycles. The highest BCUT2D eigenvalue weighted by atomic mass is 19.4. The zero-order valence-corrected chi connectivity index (χ0v) is 11.3. The van der Waals surface area contributed by atoms with E-state index in [0.717, 1.165) is 17.7 Å². The predicted octanol–water partition coefficient (Wildman–Crippen LogP) is 3.64. The van der Waals surface area contributed by atoms with Gasteiger partial charge < -0.3 is 5.11 Å². The van der Waals surface area contributed by atoms with Crippen molar-refractivity contribution in [3.63, 3.8) is 0 Å². The van der Waals surface area contributed by atoms with Gasteiger partial charge in [-0.2, -0.15) is 13.2 Å². The van der Waals surface area contributed by atoms with Crippen molar-refractivity contribution in [2.75, 3.05) is 0 Å². The molecule has 1 heterocycles. The summed E-state index contributed by atoms with van der Waals surface area (Å²) in [6, 6.07) is 8.81. The Kier molecular flexibility index (Phi) is 4.96. The van der Waals surface area contributed by atoms with Gasteiger partial charge in [-0.1, -0.05) is 18.2 Å². The molecule has 1 aromatic carbocycles. The van der Waals surface area contributed by atoms with Gasteiger partial charge in [0.2, 0.25) is 0 Å². The summed E-state index contributed by atoms with van der Waals surface area (Å²) in [5, 5.41) is 9.96. The number of aryl methyl sites for hydroxylation is 1. The summed E-state index contributed by atoms with van der Waals surface area (Å²) in [4.78, 5) is 3.90. The summed E-state index contributed by atoms with van der Waals surface area (Å²) in [5.74, 6) is 0. The van der Waals surface area contributed by atoms with Crippen LogP contribution in [0.1, 0.15) is 23.1 Å². The van der Waals surface area contributed by atoms with E-state index in [1.807, 2.05) is 12.1 Å². The third kappa shape index (κ3) is 4.86. The molecular formula is C16H16F3NO. The van der Waals surface area contributed by atoms with Crippen LogP contribution in [-0.4, -0.2) is 16.2 Å². The Morgan fingerprint density at radius 2 is 1.76 bits per heavy atom. The quantitative estimate of drug-likeness (QED) is 0.913. The van der Waals surface area contributed by atoms with Crippen LogP contribution in [-0.2, 0) is 19.0 Å². The number of benzene rings is 1. The average Bonchev–Trinajstić information content (AvgIpc) is 2.46. The minimum absolute atomic E-state index is 0.217. The molecule has 1 atom stereocenters. The van der Waals surface area contributed by atoms with Crippen molar-refractivity contribution in [1.29, 1.82) is 0 Å². The Morgan fingerprint density at radius 1 is 1.05 bits per heavy atom. The molecule has 1 unspecified atom stereocenters. The van der Waals surface area contributed by atoms with Crippen molar-refractivity contribution in [3.8, 4) is 0 Å². The number of pyridine rings is 1.